The predicted molar refractivity (Wildman–Crippen MR) is 78.0 cm³/mol. The van der Waals surface area contributed by atoms with Crippen LogP contribution in [0.4, 0.5) is 0 Å². The third-order valence-corrected chi connectivity index (χ3v) is 3.26. The van der Waals surface area contributed by atoms with Crippen LogP contribution in [0.2, 0.25) is 0 Å². The van der Waals surface area contributed by atoms with Crippen molar-refractivity contribution in [2.45, 2.75) is 26.1 Å². The second kappa shape index (κ2) is 6.44. The minimum Gasteiger partial charge on any atom is -0.485 e. The van der Waals surface area contributed by atoms with E-state index in [4.69, 9.17) is 13.7 Å². The lowest BCUT2D eigenvalue weighted by Crippen LogP contribution is -1.99. The van der Waals surface area contributed by atoms with Gasteiger partial charge in [-0.1, -0.05) is 24.2 Å². The molecule has 0 radical (unpaired) electrons. The second-order valence-electron chi connectivity index (χ2n) is 4.81. The van der Waals surface area contributed by atoms with Crippen LogP contribution in [0.25, 0.3) is 11.5 Å². The highest BCUT2D eigenvalue weighted by Gasteiger charge is 2.10. The summed E-state index contributed by atoms with van der Waals surface area (Å²) in [6, 6.07) is 9.06. The Morgan fingerprint density at radius 2 is 2.05 bits per heavy atom. The van der Waals surface area contributed by atoms with E-state index >= 15 is 0 Å². The Bertz CT molecular complexity index is 704. The Hall–Kier alpha value is -2.60. The Morgan fingerprint density at radius 3 is 2.73 bits per heavy atom. The number of aliphatic hydroxyl groups is 1. The van der Waals surface area contributed by atoms with Gasteiger partial charge in [-0.3, -0.25) is 0 Å². The molecule has 0 aliphatic heterocycles. The molecule has 1 aromatic carbocycles. The molecule has 1 atom stereocenters. The van der Waals surface area contributed by atoms with Crippen LogP contribution in [0.15, 0.2) is 51.8 Å². The van der Waals surface area contributed by atoms with Crippen molar-refractivity contribution in [3.8, 4) is 17.2 Å². The third kappa shape index (κ3) is 3.17. The summed E-state index contributed by atoms with van der Waals surface area (Å²) in [6.45, 7) is 2.14. The maximum Gasteiger partial charge on any atom is 0.261 e. The molecular formula is C16H16N2O4. The van der Waals surface area contributed by atoms with Crippen molar-refractivity contribution < 1.29 is 18.8 Å². The summed E-state index contributed by atoms with van der Waals surface area (Å²) < 4.78 is 15.7. The van der Waals surface area contributed by atoms with Gasteiger partial charge in [-0.05, 0) is 30.2 Å². The number of benzene rings is 1. The molecule has 0 aliphatic rings. The predicted octanol–water partition coefficient (Wildman–Crippen LogP) is 3.35. The van der Waals surface area contributed by atoms with Crippen LogP contribution in [-0.2, 0) is 6.61 Å². The first kappa shape index (κ1) is 14.3. The topological polar surface area (TPSA) is 81.5 Å². The van der Waals surface area contributed by atoms with Gasteiger partial charge < -0.3 is 18.8 Å². The van der Waals surface area contributed by atoms with Crippen LogP contribution in [0, 0.1) is 0 Å². The van der Waals surface area contributed by atoms with Gasteiger partial charge in [-0.2, -0.15) is 4.98 Å². The van der Waals surface area contributed by atoms with Crippen LogP contribution >= 0.6 is 0 Å². The first-order valence-electron chi connectivity index (χ1n) is 7.02. The zero-order valence-electron chi connectivity index (χ0n) is 12.1. The molecular weight excluding hydrogens is 284 g/mol. The van der Waals surface area contributed by atoms with Gasteiger partial charge in [0.25, 0.3) is 5.89 Å². The summed E-state index contributed by atoms with van der Waals surface area (Å²) in [5, 5.41) is 13.6. The lowest BCUT2D eigenvalue weighted by molar-refractivity contribution is 0.173. The molecule has 6 heteroatoms. The smallest absolute Gasteiger partial charge is 0.261 e. The molecule has 0 fully saturated rings. The molecule has 0 bridgehead atoms. The van der Waals surface area contributed by atoms with Crippen LogP contribution in [-0.4, -0.2) is 15.2 Å². The van der Waals surface area contributed by atoms with Crippen LogP contribution in [0.3, 0.4) is 0 Å². The average molecular weight is 300 g/mol. The van der Waals surface area contributed by atoms with E-state index in [2.05, 4.69) is 10.1 Å². The lowest BCUT2D eigenvalue weighted by Gasteiger charge is -2.09. The number of aliphatic hydroxyl groups excluding tert-OH is 1. The maximum atomic E-state index is 9.74. The summed E-state index contributed by atoms with van der Waals surface area (Å²) >= 11 is 0. The third-order valence-electron chi connectivity index (χ3n) is 3.26. The minimum atomic E-state index is -0.441. The molecule has 0 amide bonds. The fourth-order valence-corrected chi connectivity index (χ4v) is 1.99. The summed E-state index contributed by atoms with van der Waals surface area (Å²) in [4.78, 5) is 4.22. The van der Waals surface area contributed by atoms with Crippen molar-refractivity contribution in [2.75, 3.05) is 0 Å². The Balaban J connectivity index is 1.61. The van der Waals surface area contributed by atoms with E-state index in [1.165, 1.54) is 6.26 Å². The molecule has 22 heavy (non-hydrogen) atoms. The summed E-state index contributed by atoms with van der Waals surface area (Å²) in [6.07, 6.45) is 3.32. The van der Waals surface area contributed by atoms with Crippen molar-refractivity contribution in [3.05, 3.63) is 54.2 Å². The summed E-state index contributed by atoms with van der Waals surface area (Å²) in [7, 11) is 0. The number of hydrogen-bond acceptors (Lipinski definition) is 6. The summed E-state index contributed by atoms with van der Waals surface area (Å²) in [5.41, 5.74) is 1.60. The highest BCUT2D eigenvalue weighted by Crippen LogP contribution is 2.21. The monoisotopic (exact) mass is 300 g/mol. The Morgan fingerprint density at radius 1 is 1.23 bits per heavy atom. The maximum absolute atomic E-state index is 9.74. The van der Waals surface area contributed by atoms with E-state index in [-0.39, 0.29) is 6.61 Å². The van der Waals surface area contributed by atoms with E-state index in [9.17, 15) is 5.11 Å². The van der Waals surface area contributed by atoms with E-state index in [1.54, 1.807) is 12.3 Å². The molecule has 2 aromatic heterocycles. The molecule has 1 N–H and O–H groups in total. The molecule has 0 saturated carbocycles. The van der Waals surface area contributed by atoms with Crippen molar-refractivity contribution in [3.63, 3.8) is 0 Å². The SMILES string of the molecule is CCC(O)c1ccc(OCc2noc(-c3ccoc3)n2)cc1. The Kier molecular flexibility index (Phi) is 4.20. The number of rotatable bonds is 6. The van der Waals surface area contributed by atoms with Gasteiger partial charge in [0.1, 0.15) is 12.0 Å². The number of nitrogens with zero attached hydrogens (tertiary/aromatic N) is 2. The van der Waals surface area contributed by atoms with Crippen LogP contribution in [0.5, 0.6) is 5.75 Å². The largest absolute Gasteiger partial charge is 0.485 e. The lowest BCUT2D eigenvalue weighted by atomic mass is 10.1. The van der Waals surface area contributed by atoms with Crippen LogP contribution < -0.4 is 4.74 Å². The zero-order valence-corrected chi connectivity index (χ0v) is 12.1. The summed E-state index contributed by atoms with van der Waals surface area (Å²) in [5.74, 6) is 1.53. The van der Waals surface area contributed by atoms with Crippen molar-refractivity contribution >= 4 is 0 Å². The second-order valence-corrected chi connectivity index (χ2v) is 4.81. The fraction of sp³-hybridized carbons (Fsp3) is 0.250. The van der Waals surface area contributed by atoms with Crippen molar-refractivity contribution in [1.29, 1.82) is 0 Å². The molecule has 1 unspecified atom stereocenters. The molecule has 3 aromatic rings. The van der Waals surface area contributed by atoms with E-state index in [0.29, 0.717) is 23.9 Å². The molecule has 114 valence electrons. The van der Waals surface area contributed by atoms with Gasteiger partial charge in [0.05, 0.1) is 17.9 Å². The zero-order chi connectivity index (χ0) is 15.4. The van der Waals surface area contributed by atoms with E-state index in [0.717, 1.165) is 11.1 Å². The molecule has 6 nitrogen and oxygen atoms in total. The Labute approximate surface area is 127 Å². The van der Waals surface area contributed by atoms with Gasteiger partial charge in [0.15, 0.2) is 6.61 Å². The van der Waals surface area contributed by atoms with Crippen LogP contribution in [0.1, 0.15) is 30.8 Å². The number of ether oxygens (including phenoxy) is 1. The first-order chi connectivity index (χ1) is 10.8. The van der Waals surface area contributed by atoms with Gasteiger partial charge in [0, 0.05) is 0 Å². The average Bonchev–Trinajstić information content (AvgIpc) is 3.23. The molecule has 3 rings (SSSR count). The molecule has 2 heterocycles. The molecule has 0 spiro atoms. The van der Waals surface area contributed by atoms with Crippen molar-refractivity contribution in [1.82, 2.24) is 10.1 Å². The van der Waals surface area contributed by atoms with Gasteiger partial charge in [-0.15, -0.1) is 0 Å². The number of hydrogen-bond donors (Lipinski definition) is 1. The molecule has 0 saturated heterocycles. The van der Waals surface area contributed by atoms with Gasteiger partial charge in [-0.25, -0.2) is 0 Å². The van der Waals surface area contributed by atoms with Gasteiger partial charge >= 0.3 is 0 Å². The highest BCUT2D eigenvalue weighted by atomic mass is 16.5. The standard InChI is InChI=1S/C16H16N2O4/c1-2-14(19)11-3-5-13(6-4-11)21-10-15-17-16(22-18-15)12-7-8-20-9-12/h3-9,14,19H,2,10H2,1H3. The van der Waals surface area contributed by atoms with E-state index in [1.807, 2.05) is 31.2 Å². The first-order valence-corrected chi connectivity index (χ1v) is 7.02. The minimum absolute atomic E-state index is 0.205. The fourth-order valence-electron chi connectivity index (χ4n) is 1.99. The number of aromatic nitrogens is 2. The molecule has 0 aliphatic carbocycles. The van der Waals surface area contributed by atoms with Gasteiger partial charge in [0.2, 0.25) is 5.82 Å². The van der Waals surface area contributed by atoms with Crippen molar-refractivity contribution in [2.24, 2.45) is 0 Å². The quantitative estimate of drug-likeness (QED) is 0.751. The highest BCUT2D eigenvalue weighted by molar-refractivity contribution is 5.49. The number of furan rings is 1. The van der Waals surface area contributed by atoms with E-state index < -0.39 is 6.10 Å². The normalized spacial score (nSPS) is 12.3.